The highest BCUT2D eigenvalue weighted by Crippen LogP contribution is 2.20. The highest BCUT2D eigenvalue weighted by Gasteiger charge is 2.28. The number of ether oxygens (including phenoxy) is 2. The molecule has 2 unspecified atom stereocenters. The third-order valence-electron chi connectivity index (χ3n) is 7.88. The van der Waals surface area contributed by atoms with Crippen LogP contribution in [0.4, 0.5) is 0 Å². The molecule has 0 radical (unpaired) electrons. The summed E-state index contributed by atoms with van der Waals surface area (Å²) in [5.41, 5.74) is 2.61. The predicted molar refractivity (Wildman–Crippen MR) is 169 cm³/mol. The first kappa shape index (κ1) is 33.9. The van der Waals surface area contributed by atoms with E-state index in [9.17, 15) is 4.79 Å². The van der Waals surface area contributed by atoms with Gasteiger partial charge in [0, 0.05) is 5.56 Å². The number of hydrogen-bond acceptors (Lipinski definition) is 3. The number of benzene rings is 2. The number of hydrogen-bond donors (Lipinski definition) is 0. The second-order valence-corrected chi connectivity index (χ2v) is 12.2. The molecule has 0 saturated heterocycles. The molecule has 0 aliphatic rings. The van der Waals surface area contributed by atoms with Crippen LogP contribution >= 0.6 is 0 Å². The Morgan fingerprint density at radius 3 is 2.00 bits per heavy atom. The van der Waals surface area contributed by atoms with E-state index < -0.39 is 0 Å². The quantitative estimate of drug-likeness (QED) is 0.0830. The minimum Gasteiger partial charge on any atom is -0.487 e. The fourth-order valence-corrected chi connectivity index (χ4v) is 5.42. The maximum Gasteiger partial charge on any atom is 0.314 e. The van der Waals surface area contributed by atoms with Gasteiger partial charge in [0.25, 0.3) is 0 Å². The normalized spacial score (nSPS) is 13.1. The van der Waals surface area contributed by atoms with Gasteiger partial charge in [0.05, 0.1) is 20.6 Å². The van der Waals surface area contributed by atoms with Crippen molar-refractivity contribution in [1.82, 2.24) is 0 Å². The Balaban J connectivity index is 1.73. The van der Waals surface area contributed by atoms with E-state index >= 15 is 0 Å². The molecular formula is C36H58NO3+. The minimum atomic E-state index is -0.138. The lowest BCUT2D eigenvalue weighted by atomic mass is 10.0. The highest BCUT2D eigenvalue weighted by molar-refractivity contribution is 5.72. The van der Waals surface area contributed by atoms with Crippen LogP contribution in [-0.4, -0.2) is 43.8 Å². The van der Waals surface area contributed by atoms with Crippen LogP contribution in [-0.2, 0) is 22.5 Å². The maximum atomic E-state index is 13.0. The molecule has 0 aliphatic heterocycles. The van der Waals surface area contributed by atoms with Gasteiger partial charge in [-0.05, 0) is 43.4 Å². The van der Waals surface area contributed by atoms with Gasteiger partial charge in [0.15, 0.2) is 0 Å². The molecule has 224 valence electrons. The summed E-state index contributed by atoms with van der Waals surface area (Å²) in [7, 11) is 4.37. The maximum absolute atomic E-state index is 13.0. The molecule has 0 spiro atoms. The van der Waals surface area contributed by atoms with Crippen LogP contribution in [0.15, 0.2) is 54.6 Å². The van der Waals surface area contributed by atoms with Crippen LogP contribution in [0.25, 0.3) is 0 Å². The van der Waals surface area contributed by atoms with Crippen molar-refractivity contribution >= 4 is 5.97 Å². The molecule has 0 fully saturated rings. The zero-order valence-corrected chi connectivity index (χ0v) is 26.3. The summed E-state index contributed by atoms with van der Waals surface area (Å²) in [4.78, 5) is 13.0. The first-order chi connectivity index (χ1) is 19.4. The van der Waals surface area contributed by atoms with Gasteiger partial charge in [-0.3, -0.25) is 4.79 Å². The fourth-order valence-electron chi connectivity index (χ4n) is 5.42. The third kappa shape index (κ3) is 14.3. The molecule has 0 aromatic heterocycles. The molecule has 0 bridgehead atoms. The summed E-state index contributed by atoms with van der Waals surface area (Å²) >= 11 is 0. The Morgan fingerprint density at radius 2 is 1.38 bits per heavy atom. The monoisotopic (exact) mass is 552 g/mol. The summed E-state index contributed by atoms with van der Waals surface area (Å²) in [5.74, 6) is 0.638. The van der Waals surface area contributed by atoms with Crippen LogP contribution in [0.1, 0.15) is 109 Å². The molecule has 0 aliphatic carbocycles. The molecule has 2 rings (SSSR count). The molecule has 2 aromatic rings. The minimum absolute atomic E-state index is 0.112. The van der Waals surface area contributed by atoms with Gasteiger partial charge < -0.3 is 14.0 Å². The van der Waals surface area contributed by atoms with Crippen LogP contribution in [0.3, 0.4) is 0 Å². The second kappa shape index (κ2) is 19.7. The van der Waals surface area contributed by atoms with Gasteiger partial charge in [-0.25, -0.2) is 0 Å². The van der Waals surface area contributed by atoms with Crippen molar-refractivity contribution in [2.24, 2.45) is 5.92 Å². The topological polar surface area (TPSA) is 35.5 Å². The largest absolute Gasteiger partial charge is 0.487 e. The Kier molecular flexibility index (Phi) is 16.7. The van der Waals surface area contributed by atoms with Gasteiger partial charge >= 0.3 is 5.97 Å². The Labute approximate surface area is 246 Å². The molecule has 2 atom stereocenters. The van der Waals surface area contributed by atoms with Crippen LogP contribution in [0.5, 0.6) is 5.75 Å². The number of rotatable bonds is 22. The lowest BCUT2D eigenvalue weighted by Gasteiger charge is -2.32. The first-order valence-corrected chi connectivity index (χ1v) is 16.1. The molecule has 40 heavy (non-hydrogen) atoms. The zero-order valence-electron chi connectivity index (χ0n) is 26.3. The molecule has 0 amide bonds. The van der Waals surface area contributed by atoms with Crippen molar-refractivity contribution in [1.29, 1.82) is 0 Å². The second-order valence-electron chi connectivity index (χ2n) is 12.2. The number of aryl methyl sites for hydroxylation is 1. The smallest absolute Gasteiger partial charge is 0.314 e. The number of unbranched alkanes of at least 4 members (excludes halogenated alkanes) is 9. The SMILES string of the molecule is CCCCCCCCCCCCc1cccc(OC(CC)COC(=O)C(CC)C[N+](C)(C)Cc2ccccc2)c1. The van der Waals surface area contributed by atoms with Crippen LogP contribution < -0.4 is 4.74 Å². The van der Waals surface area contributed by atoms with Gasteiger partial charge in [-0.2, -0.15) is 0 Å². The van der Waals surface area contributed by atoms with Crippen LogP contribution in [0, 0.1) is 5.92 Å². The van der Waals surface area contributed by atoms with E-state index in [1.165, 1.54) is 75.3 Å². The number of carbonyl (C=O) groups is 1. The van der Waals surface area contributed by atoms with Crippen molar-refractivity contribution in [3.8, 4) is 5.75 Å². The van der Waals surface area contributed by atoms with E-state index in [1.807, 2.05) is 12.1 Å². The average Bonchev–Trinajstić information content (AvgIpc) is 2.95. The zero-order chi connectivity index (χ0) is 29.1. The number of quaternary nitrogens is 1. The average molecular weight is 553 g/mol. The summed E-state index contributed by atoms with van der Waals surface area (Å²) in [6.07, 6.45) is 16.1. The number of carbonyl (C=O) groups excluding carboxylic acids is 1. The molecule has 0 heterocycles. The Hall–Kier alpha value is -2.33. The first-order valence-electron chi connectivity index (χ1n) is 16.1. The summed E-state index contributed by atoms with van der Waals surface area (Å²) in [6.45, 7) is 8.37. The summed E-state index contributed by atoms with van der Waals surface area (Å²) in [5, 5.41) is 0. The predicted octanol–water partition coefficient (Wildman–Crippen LogP) is 9.15. The van der Waals surface area contributed by atoms with Gasteiger partial charge in [0.2, 0.25) is 0 Å². The molecule has 4 heteroatoms. The molecule has 4 nitrogen and oxygen atoms in total. The number of nitrogens with zero attached hydrogens (tertiary/aromatic N) is 1. The van der Waals surface area contributed by atoms with Crippen molar-refractivity contribution in [2.45, 2.75) is 117 Å². The van der Waals surface area contributed by atoms with Crippen molar-refractivity contribution in [2.75, 3.05) is 27.2 Å². The van der Waals surface area contributed by atoms with Gasteiger partial charge in [-0.1, -0.05) is 121 Å². The third-order valence-corrected chi connectivity index (χ3v) is 7.88. The molecule has 0 N–H and O–H groups in total. The fraction of sp³-hybridized carbons (Fsp3) is 0.639. The van der Waals surface area contributed by atoms with E-state index in [2.05, 4.69) is 77.3 Å². The number of esters is 1. The standard InChI is InChI=1S/C36H58NO3/c1-6-9-10-11-12-13-14-15-16-18-22-31-25-21-26-35(27-31)40-34(8-3)30-39-36(38)33(7-2)29-37(4,5)28-32-23-19-17-20-24-32/h17,19-21,23-27,33-34H,6-16,18,22,28-30H2,1-5H3/q+1. The van der Waals surface area contributed by atoms with E-state index in [0.29, 0.717) is 6.61 Å². The van der Waals surface area contributed by atoms with E-state index in [1.54, 1.807) is 0 Å². The van der Waals surface area contributed by atoms with Crippen molar-refractivity contribution in [3.63, 3.8) is 0 Å². The Morgan fingerprint density at radius 1 is 0.750 bits per heavy atom. The molecule has 0 saturated carbocycles. The highest BCUT2D eigenvalue weighted by atomic mass is 16.6. The summed E-state index contributed by atoms with van der Waals surface area (Å²) in [6, 6.07) is 18.9. The Bertz CT molecular complexity index is 927. The van der Waals surface area contributed by atoms with E-state index in [0.717, 1.165) is 42.6 Å². The lowest BCUT2D eigenvalue weighted by molar-refractivity contribution is -0.906. The lowest BCUT2D eigenvalue weighted by Crippen LogP contribution is -2.45. The molecular weight excluding hydrogens is 494 g/mol. The van der Waals surface area contributed by atoms with Gasteiger partial charge in [0.1, 0.15) is 30.9 Å². The molecule has 2 aromatic carbocycles. The van der Waals surface area contributed by atoms with Crippen molar-refractivity contribution in [3.05, 3.63) is 65.7 Å². The van der Waals surface area contributed by atoms with Crippen molar-refractivity contribution < 1.29 is 18.8 Å². The summed E-state index contributed by atoms with van der Waals surface area (Å²) < 4.78 is 12.8. The van der Waals surface area contributed by atoms with E-state index in [-0.39, 0.29) is 18.0 Å². The van der Waals surface area contributed by atoms with E-state index in [4.69, 9.17) is 9.47 Å². The van der Waals surface area contributed by atoms with Crippen LogP contribution in [0.2, 0.25) is 0 Å². The van der Waals surface area contributed by atoms with Gasteiger partial charge in [-0.15, -0.1) is 0 Å².